The van der Waals surface area contributed by atoms with Crippen LogP contribution in [0.15, 0.2) is 18.2 Å². The Bertz CT molecular complexity index is 616. The maximum Gasteiger partial charge on any atom is 0.253 e. The molecule has 118 valence electrons. The fourth-order valence-corrected chi connectivity index (χ4v) is 3.24. The largest absolute Gasteiger partial charge is 0.388 e. The molecule has 1 atom stereocenters. The van der Waals surface area contributed by atoms with Crippen LogP contribution in [0.25, 0.3) is 0 Å². The number of likely N-dealkylation sites (tertiary alicyclic amines) is 1. The fourth-order valence-electron chi connectivity index (χ4n) is 3.24. The summed E-state index contributed by atoms with van der Waals surface area (Å²) in [6, 6.07) is 5.55. The van der Waals surface area contributed by atoms with Gasteiger partial charge in [0.25, 0.3) is 5.91 Å². The fraction of sp³-hybridized carbons (Fsp3) is 0.500. The number of hydrogen-bond donors (Lipinski definition) is 2. The molecule has 0 aromatic heterocycles. The van der Waals surface area contributed by atoms with Gasteiger partial charge in [0.1, 0.15) is 0 Å². The molecule has 6 nitrogen and oxygen atoms in total. The maximum absolute atomic E-state index is 12.6. The molecule has 3 N–H and O–H groups in total. The molecule has 3 rings (SSSR count). The van der Waals surface area contributed by atoms with Gasteiger partial charge in [0, 0.05) is 12.1 Å². The van der Waals surface area contributed by atoms with E-state index in [9.17, 15) is 14.7 Å². The van der Waals surface area contributed by atoms with E-state index in [0.29, 0.717) is 38.2 Å². The summed E-state index contributed by atoms with van der Waals surface area (Å²) in [5, 5.41) is 10.4. The molecule has 1 aromatic rings. The molecule has 1 aromatic carbocycles. The Kier molecular flexibility index (Phi) is 3.88. The van der Waals surface area contributed by atoms with Crippen LogP contribution in [0.4, 0.5) is 0 Å². The second-order valence-electron chi connectivity index (χ2n) is 6.17. The number of aliphatic hydroxyl groups is 1. The van der Waals surface area contributed by atoms with E-state index in [0.717, 1.165) is 11.1 Å². The Morgan fingerprint density at radius 3 is 2.86 bits per heavy atom. The lowest BCUT2D eigenvalue weighted by Crippen LogP contribution is -2.51. The van der Waals surface area contributed by atoms with Crippen molar-refractivity contribution < 1.29 is 19.4 Å². The minimum absolute atomic E-state index is 0.116. The summed E-state index contributed by atoms with van der Waals surface area (Å²) in [7, 11) is 0. The van der Waals surface area contributed by atoms with E-state index in [2.05, 4.69) is 0 Å². The number of hydrogen-bond acceptors (Lipinski definition) is 4. The molecule has 1 fully saturated rings. The highest BCUT2D eigenvalue weighted by Gasteiger charge is 2.36. The highest BCUT2D eigenvalue weighted by molar-refractivity contribution is 5.94. The number of amides is 2. The van der Waals surface area contributed by atoms with E-state index in [-0.39, 0.29) is 18.9 Å². The first-order chi connectivity index (χ1) is 10.5. The highest BCUT2D eigenvalue weighted by atomic mass is 16.5. The zero-order valence-corrected chi connectivity index (χ0v) is 12.4. The summed E-state index contributed by atoms with van der Waals surface area (Å²) < 4.78 is 5.36. The number of nitrogens with two attached hydrogens (primary N) is 1. The van der Waals surface area contributed by atoms with Gasteiger partial charge >= 0.3 is 0 Å². The molecule has 2 aliphatic heterocycles. The van der Waals surface area contributed by atoms with Crippen molar-refractivity contribution in [2.24, 2.45) is 5.73 Å². The Morgan fingerprint density at radius 1 is 1.32 bits per heavy atom. The molecule has 0 radical (unpaired) electrons. The predicted molar refractivity (Wildman–Crippen MR) is 78.8 cm³/mol. The van der Waals surface area contributed by atoms with Gasteiger partial charge < -0.3 is 20.5 Å². The molecule has 0 aliphatic carbocycles. The lowest BCUT2D eigenvalue weighted by Gasteiger charge is -2.38. The Labute approximate surface area is 128 Å². The lowest BCUT2D eigenvalue weighted by atomic mass is 9.89. The van der Waals surface area contributed by atoms with Crippen molar-refractivity contribution >= 4 is 11.8 Å². The van der Waals surface area contributed by atoms with Crippen LogP contribution >= 0.6 is 0 Å². The van der Waals surface area contributed by atoms with Crippen molar-refractivity contribution in [3.63, 3.8) is 0 Å². The number of carbonyl (C=O) groups excluding carboxylic acids is 2. The van der Waals surface area contributed by atoms with Crippen LogP contribution in [0.2, 0.25) is 0 Å². The number of benzene rings is 1. The molecular weight excluding hydrogens is 284 g/mol. The average Bonchev–Trinajstić information content (AvgIpc) is 2.92. The quantitative estimate of drug-likeness (QED) is 0.853. The molecule has 0 bridgehead atoms. The minimum atomic E-state index is -1.21. The first-order valence-corrected chi connectivity index (χ1v) is 7.46. The maximum atomic E-state index is 12.6. The summed E-state index contributed by atoms with van der Waals surface area (Å²) >= 11 is 0. The molecule has 0 spiro atoms. The smallest absolute Gasteiger partial charge is 0.253 e. The summed E-state index contributed by atoms with van der Waals surface area (Å²) in [5.74, 6) is -0.677. The second kappa shape index (κ2) is 5.70. The standard InChI is InChI=1S/C16H20N2O4/c17-14(19)7-16(21)4-1-5-18(10-16)15(20)11-2-3-12-8-22-9-13(12)6-11/h2-3,6,21H,1,4-5,7-10H2,(H2,17,19). The van der Waals surface area contributed by atoms with Gasteiger partial charge in [-0.2, -0.15) is 0 Å². The molecule has 2 amide bonds. The van der Waals surface area contributed by atoms with Crippen LogP contribution in [0, 0.1) is 0 Å². The van der Waals surface area contributed by atoms with Crippen molar-refractivity contribution in [1.82, 2.24) is 4.90 Å². The number of primary amides is 1. The molecule has 2 heterocycles. The second-order valence-corrected chi connectivity index (χ2v) is 6.17. The zero-order valence-electron chi connectivity index (χ0n) is 12.4. The molecule has 1 saturated heterocycles. The summed E-state index contributed by atoms with van der Waals surface area (Å²) in [6.45, 7) is 1.84. The third-order valence-corrected chi connectivity index (χ3v) is 4.31. The van der Waals surface area contributed by atoms with Crippen LogP contribution < -0.4 is 5.73 Å². The van der Waals surface area contributed by atoms with Gasteiger partial charge in [-0.1, -0.05) is 6.07 Å². The van der Waals surface area contributed by atoms with E-state index in [1.54, 1.807) is 11.0 Å². The summed E-state index contributed by atoms with van der Waals surface area (Å²) in [6.07, 6.45) is 1.02. The molecule has 22 heavy (non-hydrogen) atoms. The number of carbonyl (C=O) groups is 2. The van der Waals surface area contributed by atoms with Crippen molar-refractivity contribution in [3.8, 4) is 0 Å². The van der Waals surface area contributed by atoms with Crippen LogP contribution in [-0.2, 0) is 22.7 Å². The molecule has 0 saturated carbocycles. The topological polar surface area (TPSA) is 92.9 Å². The Morgan fingerprint density at radius 2 is 2.09 bits per heavy atom. The SMILES string of the molecule is NC(=O)CC1(O)CCCN(C(=O)c2ccc3c(c2)COC3)C1. The number of β-amino-alcohol motifs (C(OH)–C–C–N with tert-alkyl or cyclic N) is 1. The van der Waals surface area contributed by atoms with Crippen molar-refractivity contribution in [3.05, 3.63) is 34.9 Å². The van der Waals surface area contributed by atoms with E-state index in [1.807, 2.05) is 12.1 Å². The van der Waals surface area contributed by atoms with Crippen LogP contribution in [0.3, 0.4) is 0 Å². The lowest BCUT2D eigenvalue weighted by molar-refractivity contribution is -0.125. The number of fused-ring (bicyclic) bond motifs is 1. The van der Waals surface area contributed by atoms with E-state index >= 15 is 0 Å². The number of piperidine rings is 1. The normalized spacial score (nSPS) is 24.1. The van der Waals surface area contributed by atoms with Gasteiger partial charge in [-0.15, -0.1) is 0 Å². The van der Waals surface area contributed by atoms with Gasteiger partial charge in [-0.25, -0.2) is 0 Å². The molecule has 2 aliphatic rings. The van der Waals surface area contributed by atoms with Gasteiger partial charge in [0.05, 0.1) is 31.8 Å². The number of nitrogens with zero attached hydrogens (tertiary/aromatic N) is 1. The third kappa shape index (κ3) is 2.98. The number of rotatable bonds is 3. The predicted octanol–water partition coefficient (Wildman–Crippen LogP) is 0.559. The summed E-state index contributed by atoms with van der Waals surface area (Å²) in [5.41, 5.74) is 6.72. The average molecular weight is 304 g/mol. The summed E-state index contributed by atoms with van der Waals surface area (Å²) in [4.78, 5) is 25.3. The first kappa shape index (κ1) is 15.0. The molecule has 1 unspecified atom stereocenters. The van der Waals surface area contributed by atoms with E-state index in [4.69, 9.17) is 10.5 Å². The van der Waals surface area contributed by atoms with E-state index < -0.39 is 11.5 Å². The molecule has 6 heteroatoms. The first-order valence-electron chi connectivity index (χ1n) is 7.46. The zero-order chi connectivity index (χ0) is 15.7. The monoisotopic (exact) mass is 304 g/mol. The van der Waals surface area contributed by atoms with Gasteiger partial charge in [-0.3, -0.25) is 9.59 Å². The van der Waals surface area contributed by atoms with Crippen LogP contribution in [0.1, 0.15) is 40.7 Å². The Hall–Kier alpha value is -1.92. The van der Waals surface area contributed by atoms with Crippen molar-refractivity contribution in [1.29, 1.82) is 0 Å². The van der Waals surface area contributed by atoms with Crippen molar-refractivity contribution in [2.45, 2.75) is 38.1 Å². The highest BCUT2D eigenvalue weighted by Crippen LogP contribution is 2.27. The van der Waals surface area contributed by atoms with Crippen LogP contribution in [0.5, 0.6) is 0 Å². The Balaban J connectivity index is 1.75. The minimum Gasteiger partial charge on any atom is -0.388 e. The molecular formula is C16H20N2O4. The van der Waals surface area contributed by atoms with Crippen molar-refractivity contribution in [2.75, 3.05) is 13.1 Å². The van der Waals surface area contributed by atoms with Gasteiger partial charge in [0.2, 0.25) is 5.91 Å². The van der Waals surface area contributed by atoms with Gasteiger partial charge in [0.15, 0.2) is 0 Å². The van der Waals surface area contributed by atoms with E-state index in [1.165, 1.54) is 0 Å². The third-order valence-electron chi connectivity index (χ3n) is 4.31. The number of ether oxygens (including phenoxy) is 1. The van der Waals surface area contributed by atoms with Crippen LogP contribution in [-0.4, -0.2) is 40.5 Å². The van der Waals surface area contributed by atoms with Gasteiger partial charge in [-0.05, 0) is 36.1 Å².